The number of aromatic nitrogens is 1. The Morgan fingerprint density at radius 2 is 1.81 bits per heavy atom. The van der Waals surface area contributed by atoms with Crippen LogP contribution < -0.4 is 9.47 Å². The number of nitro groups is 1. The molecule has 7 heteroatoms. The maximum Gasteiger partial charge on any atom is 0.319 e. The van der Waals surface area contributed by atoms with Crippen molar-refractivity contribution in [2.75, 3.05) is 28.3 Å². The van der Waals surface area contributed by atoms with Crippen LogP contribution in [-0.2, 0) is 0 Å². The van der Waals surface area contributed by atoms with Gasteiger partial charge in [0.2, 0.25) is 5.75 Å². The van der Waals surface area contributed by atoms with Gasteiger partial charge in [-0.2, -0.15) is 0 Å². The molecule has 0 bridgehead atoms. The highest BCUT2D eigenvalue weighted by atomic mass is 16.6. The number of H-pyrrole nitrogens is 1. The number of aryl methyl sites for hydroxylation is 1. The van der Waals surface area contributed by atoms with Crippen molar-refractivity contribution in [3.05, 3.63) is 63.3 Å². The van der Waals surface area contributed by atoms with E-state index in [0.717, 1.165) is 22.2 Å². The molecule has 0 aliphatic rings. The third-order valence-electron chi connectivity index (χ3n) is 4.76. The van der Waals surface area contributed by atoms with Crippen molar-refractivity contribution in [1.82, 2.24) is 9.88 Å². The van der Waals surface area contributed by atoms with Crippen molar-refractivity contribution in [2.45, 2.75) is 13.0 Å². The number of nitrogens with one attached hydrogen (secondary N) is 1. The predicted molar refractivity (Wildman–Crippen MR) is 105 cm³/mol. The van der Waals surface area contributed by atoms with Gasteiger partial charge < -0.3 is 14.5 Å². The first-order chi connectivity index (χ1) is 12.9. The number of para-hydroxylation sites is 1. The summed E-state index contributed by atoms with van der Waals surface area (Å²) in [5.74, 6) is 0.463. The molecular weight excluding hydrogens is 346 g/mol. The summed E-state index contributed by atoms with van der Waals surface area (Å²) in [6, 6.07) is 11.1. The normalized spacial score (nSPS) is 12.4. The van der Waals surface area contributed by atoms with Crippen molar-refractivity contribution in [3.63, 3.8) is 0 Å². The van der Waals surface area contributed by atoms with Gasteiger partial charge in [-0.15, -0.1) is 0 Å². The lowest BCUT2D eigenvalue weighted by molar-refractivity contribution is -0.386. The van der Waals surface area contributed by atoms with Gasteiger partial charge in [-0.25, -0.2) is 0 Å². The van der Waals surface area contributed by atoms with Gasteiger partial charge in [-0.05, 0) is 39.2 Å². The summed E-state index contributed by atoms with van der Waals surface area (Å²) in [5.41, 5.74) is 3.45. The Bertz CT molecular complexity index is 994. The average molecular weight is 369 g/mol. The van der Waals surface area contributed by atoms with Crippen molar-refractivity contribution in [3.8, 4) is 11.5 Å². The second-order valence-electron chi connectivity index (χ2n) is 6.57. The minimum absolute atomic E-state index is 0.0831. The first kappa shape index (κ1) is 18.7. The fourth-order valence-corrected chi connectivity index (χ4v) is 3.68. The van der Waals surface area contributed by atoms with Crippen LogP contribution in [0.3, 0.4) is 0 Å². The van der Waals surface area contributed by atoms with E-state index >= 15 is 0 Å². The number of benzene rings is 2. The van der Waals surface area contributed by atoms with Crippen LogP contribution in [-0.4, -0.2) is 43.1 Å². The Kier molecular flexibility index (Phi) is 5.05. The lowest BCUT2D eigenvalue weighted by Crippen LogP contribution is -2.23. The molecule has 1 N–H and O–H groups in total. The van der Waals surface area contributed by atoms with E-state index < -0.39 is 4.92 Å². The Morgan fingerprint density at radius 3 is 2.41 bits per heavy atom. The van der Waals surface area contributed by atoms with Crippen LogP contribution >= 0.6 is 0 Å². The van der Waals surface area contributed by atoms with Gasteiger partial charge in [0, 0.05) is 22.2 Å². The molecule has 27 heavy (non-hydrogen) atoms. The quantitative estimate of drug-likeness (QED) is 0.524. The zero-order valence-corrected chi connectivity index (χ0v) is 16.1. The van der Waals surface area contributed by atoms with E-state index in [1.54, 1.807) is 12.1 Å². The smallest absolute Gasteiger partial charge is 0.319 e. The van der Waals surface area contributed by atoms with Gasteiger partial charge in [-0.3, -0.25) is 15.0 Å². The van der Waals surface area contributed by atoms with Gasteiger partial charge in [0.1, 0.15) is 0 Å². The zero-order chi connectivity index (χ0) is 19.7. The van der Waals surface area contributed by atoms with Gasteiger partial charge in [-0.1, -0.05) is 18.2 Å². The van der Waals surface area contributed by atoms with E-state index in [4.69, 9.17) is 9.47 Å². The minimum atomic E-state index is -0.405. The number of fused-ring (bicyclic) bond motifs is 1. The molecule has 2 aromatic carbocycles. The Hall–Kier alpha value is -3.06. The Morgan fingerprint density at radius 1 is 1.11 bits per heavy atom. The fraction of sp³-hybridized carbons (Fsp3) is 0.300. The third-order valence-corrected chi connectivity index (χ3v) is 4.76. The highest BCUT2D eigenvalue weighted by Gasteiger charge is 2.33. The molecule has 1 atom stereocenters. The van der Waals surface area contributed by atoms with Gasteiger partial charge in [0.15, 0.2) is 5.75 Å². The molecule has 3 aromatic rings. The molecule has 1 heterocycles. The number of hydrogen-bond donors (Lipinski definition) is 1. The Balaban J connectivity index is 2.34. The van der Waals surface area contributed by atoms with E-state index in [1.165, 1.54) is 14.2 Å². The number of nitrogens with zero attached hydrogens (tertiary/aromatic N) is 2. The third kappa shape index (κ3) is 3.10. The molecule has 0 saturated carbocycles. The number of hydrogen-bond acceptors (Lipinski definition) is 5. The fourth-order valence-electron chi connectivity index (χ4n) is 3.68. The molecule has 0 spiro atoms. The SMILES string of the molecule is COc1ccc(C(c2c(C)[nH]c3ccccc23)N(C)C)c([N+](=O)[O-])c1OC. The first-order valence-corrected chi connectivity index (χ1v) is 8.53. The van der Waals surface area contributed by atoms with E-state index in [0.29, 0.717) is 11.3 Å². The molecule has 3 rings (SSSR count). The lowest BCUT2D eigenvalue weighted by atomic mass is 9.93. The molecule has 0 radical (unpaired) electrons. The molecule has 0 saturated heterocycles. The summed E-state index contributed by atoms with van der Waals surface area (Å²) in [6.45, 7) is 1.98. The first-order valence-electron chi connectivity index (χ1n) is 8.53. The number of nitro benzene ring substituents is 1. The summed E-state index contributed by atoms with van der Waals surface area (Å²) in [5, 5.41) is 13.0. The van der Waals surface area contributed by atoms with Crippen LogP contribution in [0, 0.1) is 17.0 Å². The van der Waals surface area contributed by atoms with Gasteiger partial charge in [0.25, 0.3) is 0 Å². The zero-order valence-electron chi connectivity index (χ0n) is 16.1. The summed E-state index contributed by atoms with van der Waals surface area (Å²) >= 11 is 0. The second kappa shape index (κ2) is 7.28. The van der Waals surface area contributed by atoms with E-state index in [2.05, 4.69) is 4.98 Å². The summed E-state index contributed by atoms with van der Waals surface area (Å²) < 4.78 is 10.6. The maximum absolute atomic E-state index is 12.0. The summed E-state index contributed by atoms with van der Waals surface area (Å²) in [7, 11) is 6.70. The van der Waals surface area contributed by atoms with Crippen LogP contribution in [0.2, 0.25) is 0 Å². The van der Waals surface area contributed by atoms with Crippen LogP contribution in [0.5, 0.6) is 11.5 Å². The average Bonchev–Trinajstić information content (AvgIpc) is 2.96. The van der Waals surface area contributed by atoms with Crippen LogP contribution in [0.4, 0.5) is 5.69 Å². The topological polar surface area (TPSA) is 80.6 Å². The number of aromatic amines is 1. The molecule has 1 aromatic heterocycles. The van der Waals surface area contributed by atoms with Crippen molar-refractivity contribution in [2.24, 2.45) is 0 Å². The monoisotopic (exact) mass is 369 g/mol. The molecular formula is C20H23N3O4. The largest absolute Gasteiger partial charge is 0.493 e. The van der Waals surface area contributed by atoms with Crippen molar-refractivity contribution in [1.29, 1.82) is 0 Å². The molecule has 0 aliphatic carbocycles. The van der Waals surface area contributed by atoms with E-state index in [9.17, 15) is 10.1 Å². The van der Waals surface area contributed by atoms with Gasteiger partial charge in [0.05, 0.1) is 30.7 Å². The van der Waals surface area contributed by atoms with E-state index in [-0.39, 0.29) is 17.5 Å². The van der Waals surface area contributed by atoms with Crippen molar-refractivity contribution >= 4 is 16.6 Å². The van der Waals surface area contributed by atoms with Crippen LogP contribution in [0.25, 0.3) is 10.9 Å². The number of ether oxygens (including phenoxy) is 2. The molecule has 0 aliphatic heterocycles. The molecule has 0 amide bonds. The maximum atomic E-state index is 12.0. The lowest BCUT2D eigenvalue weighted by Gasteiger charge is -2.26. The highest BCUT2D eigenvalue weighted by Crippen LogP contribution is 2.46. The predicted octanol–water partition coefficient (Wildman–Crippen LogP) is 4.05. The highest BCUT2D eigenvalue weighted by molar-refractivity contribution is 5.86. The van der Waals surface area contributed by atoms with E-state index in [1.807, 2.05) is 50.2 Å². The second-order valence-corrected chi connectivity index (χ2v) is 6.57. The van der Waals surface area contributed by atoms with Crippen LogP contribution in [0.1, 0.15) is 22.9 Å². The Labute approximate surface area is 157 Å². The molecule has 142 valence electrons. The van der Waals surface area contributed by atoms with Crippen LogP contribution in [0.15, 0.2) is 36.4 Å². The van der Waals surface area contributed by atoms with Gasteiger partial charge >= 0.3 is 5.69 Å². The molecule has 0 fully saturated rings. The van der Waals surface area contributed by atoms with Crippen molar-refractivity contribution < 1.29 is 14.4 Å². The summed E-state index contributed by atoms with van der Waals surface area (Å²) in [4.78, 5) is 16.9. The standard InChI is InChI=1S/C20H23N3O4/c1-12-17(13-8-6-7-9-15(13)21-12)18(22(2)3)14-10-11-16(26-4)20(27-5)19(14)23(24)25/h6-11,18,21H,1-5H3. The molecule has 7 nitrogen and oxygen atoms in total. The number of rotatable bonds is 6. The minimum Gasteiger partial charge on any atom is -0.493 e. The molecule has 1 unspecified atom stereocenters. The number of methoxy groups -OCH3 is 2. The summed E-state index contributed by atoms with van der Waals surface area (Å²) in [6.07, 6.45) is 0.